The maximum Gasteiger partial charge on any atom is 0.190 e. The zero-order valence-corrected chi connectivity index (χ0v) is 11.5. The van der Waals surface area contributed by atoms with Crippen LogP contribution in [0.1, 0.15) is 26.3 Å². The highest BCUT2D eigenvalue weighted by molar-refractivity contribution is 6.39. The molecule has 1 aromatic carbocycles. The zero-order valence-electron chi connectivity index (χ0n) is 11.5. The van der Waals surface area contributed by atoms with Gasteiger partial charge in [0.25, 0.3) is 0 Å². The van der Waals surface area contributed by atoms with Gasteiger partial charge in [-0.2, -0.15) is 0 Å². The summed E-state index contributed by atoms with van der Waals surface area (Å²) in [7, 11) is 1.55. The van der Waals surface area contributed by atoms with Crippen molar-refractivity contribution in [1.82, 2.24) is 0 Å². The number of methoxy groups -OCH3 is 1. The molecule has 3 nitrogen and oxygen atoms in total. The van der Waals surface area contributed by atoms with Crippen LogP contribution in [0.25, 0.3) is 5.57 Å². The van der Waals surface area contributed by atoms with Crippen molar-refractivity contribution in [2.75, 3.05) is 7.11 Å². The number of carbonyl (C=O) groups excluding carboxylic acids is 2. The van der Waals surface area contributed by atoms with Crippen molar-refractivity contribution >= 4 is 17.1 Å². The minimum absolute atomic E-state index is 0.0713. The summed E-state index contributed by atoms with van der Waals surface area (Å²) in [5, 5.41) is 0. The lowest BCUT2D eigenvalue weighted by atomic mass is 9.82. The van der Waals surface area contributed by atoms with Gasteiger partial charge in [0.2, 0.25) is 0 Å². The Balaban J connectivity index is 2.68. The molecule has 0 amide bonds. The van der Waals surface area contributed by atoms with Gasteiger partial charge >= 0.3 is 0 Å². The molecule has 0 fully saturated rings. The van der Waals surface area contributed by atoms with E-state index in [1.54, 1.807) is 40.0 Å². The Kier molecular flexibility index (Phi) is 3.38. The SMILES string of the molecule is COc1ccccc1C1=C(C)C(=O)C(C)=C(C)C1=O. The first-order valence-corrected chi connectivity index (χ1v) is 6.10. The largest absolute Gasteiger partial charge is 0.496 e. The summed E-state index contributed by atoms with van der Waals surface area (Å²) >= 11 is 0. The average molecular weight is 256 g/mol. The van der Waals surface area contributed by atoms with Crippen LogP contribution < -0.4 is 4.74 Å². The highest BCUT2D eigenvalue weighted by Crippen LogP contribution is 2.35. The van der Waals surface area contributed by atoms with E-state index >= 15 is 0 Å². The van der Waals surface area contributed by atoms with E-state index in [9.17, 15) is 9.59 Å². The van der Waals surface area contributed by atoms with E-state index in [1.165, 1.54) is 0 Å². The number of hydrogen-bond donors (Lipinski definition) is 0. The van der Waals surface area contributed by atoms with Crippen molar-refractivity contribution in [3.05, 3.63) is 46.5 Å². The highest BCUT2D eigenvalue weighted by atomic mass is 16.5. The lowest BCUT2D eigenvalue weighted by molar-refractivity contribution is -0.115. The molecule has 2 rings (SSSR count). The van der Waals surface area contributed by atoms with E-state index in [0.29, 0.717) is 33.6 Å². The van der Waals surface area contributed by atoms with Gasteiger partial charge in [-0.3, -0.25) is 9.59 Å². The number of rotatable bonds is 2. The number of ketones is 2. The Bertz CT molecular complexity index is 633. The third-order valence-corrected chi connectivity index (χ3v) is 3.56. The smallest absolute Gasteiger partial charge is 0.190 e. The lowest BCUT2D eigenvalue weighted by Gasteiger charge is -2.20. The lowest BCUT2D eigenvalue weighted by Crippen LogP contribution is -2.20. The summed E-state index contributed by atoms with van der Waals surface area (Å²) in [4.78, 5) is 24.6. The van der Waals surface area contributed by atoms with Crippen molar-refractivity contribution in [2.24, 2.45) is 0 Å². The summed E-state index contributed by atoms with van der Waals surface area (Å²) in [6, 6.07) is 7.25. The molecule has 0 bridgehead atoms. The van der Waals surface area contributed by atoms with Gasteiger partial charge in [0.1, 0.15) is 5.75 Å². The van der Waals surface area contributed by atoms with Crippen LogP contribution in [0.3, 0.4) is 0 Å². The fourth-order valence-corrected chi connectivity index (χ4v) is 2.27. The molecular formula is C16H16O3. The van der Waals surface area contributed by atoms with E-state index in [-0.39, 0.29) is 11.6 Å². The van der Waals surface area contributed by atoms with Gasteiger partial charge in [-0.25, -0.2) is 0 Å². The second kappa shape index (κ2) is 4.84. The van der Waals surface area contributed by atoms with E-state index in [2.05, 4.69) is 0 Å². The molecule has 0 radical (unpaired) electrons. The Labute approximate surface area is 112 Å². The number of benzene rings is 1. The number of hydrogen-bond acceptors (Lipinski definition) is 3. The van der Waals surface area contributed by atoms with Crippen LogP contribution in [0.2, 0.25) is 0 Å². The monoisotopic (exact) mass is 256 g/mol. The zero-order chi connectivity index (χ0) is 14.2. The number of Topliss-reactive ketones (excluding diaryl/α,β-unsaturated/α-hetero) is 2. The topological polar surface area (TPSA) is 43.4 Å². The molecule has 0 saturated carbocycles. The summed E-state index contributed by atoms with van der Waals surface area (Å²) in [6.07, 6.45) is 0. The van der Waals surface area contributed by atoms with Gasteiger partial charge < -0.3 is 4.74 Å². The molecular weight excluding hydrogens is 240 g/mol. The van der Waals surface area contributed by atoms with Crippen molar-refractivity contribution in [2.45, 2.75) is 20.8 Å². The Hall–Kier alpha value is -2.16. The Morgan fingerprint density at radius 1 is 0.842 bits per heavy atom. The van der Waals surface area contributed by atoms with E-state index in [0.717, 1.165) is 0 Å². The van der Waals surface area contributed by atoms with Gasteiger partial charge in [-0.1, -0.05) is 18.2 Å². The van der Waals surface area contributed by atoms with Crippen LogP contribution in [0.15, 0.2) is 41.0 Å². The molecule has 0 saturated heterocycles. The fraction of sp³-hybridized carbons (Fsp3) is 0.250. The molecule has 0 aliphatic heterocycles. The summed E-state index contributed by atoms with van der Waals surface area (Å²) in [5.41, 5.74) is 2.65. The fourth-order valence-electron chi connectivity index (χ4n) is 2.27. The molecule has 1 aliphatic rings. The quantitative estimate of drug-likeness (QED) is 0.764. The van der Waals surface area contributed by atoms with Gasteiger partial charge in [-0.15, -0.1) is 0 Å². The van der Waals surface area contributed by atoms with Crippen molar-refractivity contribution in [1.29, 1.82) is 0 Å². The molecule has 1 aliphatic carbocycles. The molecule has 0 heterocycles. The minimum Gasteiger partial charge on any atom is -0.496 e. The van der Waals surface area contributed by atoms with Crippen LogP contribution in [0.5, 0.6) is 5.75 Å². The molecule has 0 unspecified atom stereocenters. The third-order valence-electron chi connectivity index (χ3n) is 3.56. The van der Waals surface area contributed by atoms with Gasteiger partial charge in [0.15, 0.2) is 11.6 Å². The molecule has 0 aromatic heterocycles. The van der Waals surface area contributed by atoms with Crippen molar-refractivity contribution in [3.8, 4) is 5.75 Å². The second-order valence-corrected chi connectivity index (χ2v) is 4.61. The molecule has 0 spiro atoms. The maximum absolute atomic E-state index is 12.4. The van der Waals surface area contributed by atoms with Crippen LogP contribution in [0, 0.1) is 0 Å². The number of carbonyl (C=O) groups is 2. The molecule has 19 heavy (non-hydrogen) atoms. The first-order chi connectivity index (χ1) is 8.99. The van der Waals surface area contributed by atoms with Crippen LogP contribution in [0.4, 0.5) is 0 Å². The van der Waals surface area contributed by atoms with Crippen molar-refractivity contribution < 1.29 is 14.3 Å². The van der Waals surface area contributed by atoms with Crippen LogP contribution >= 0.6 is 0 Å². The number of para-hydroxylation sites is 1. The maximum atomic E-state index is 12.4. The van der Waals surface area contributed by atoms with E-state index in [4.69, 9.17) is 4.74 Å². The first kappa shape index (κ1) is 13.3. The number of allylic oxidation sites excluding steroid dienone is 4. The molecule has 1 aromatic rings. The summed E-state index contributed by atoms with van der Waals surface area (Å²) < 4.78 is 5.28. The predicted molar refractivity (Wildman–Crippen MR) is 74.0 cm³/mol. The second-order valence-electron chi connectivity index (χ2n) is 4.61. The van der Waals surface area contributed by atoms with Gasteiger partial charge in [0.05, 0.1) is 7.11 Å². The van der Waals surface area contributed by atoms with Gasteiger partial charge in [0, 0.05) is 27.9 Å². The predicted octanol–water partition coefficient (Wildman–Crippen LogP) is 2.96. The Morgan fingerprint density at radius 3 is 2.05 bits per heavy atom. The number of ether oxygens (including phenoxy) is 1. The summed E-state index contributed by atoms with van der Waals surface area (Å²) in [6.45, 7) is 5.08. The van der Waals surface area contributed by atoms with Crippen LogP contribution in [-0.2, 0) is 9.59 Å². The first-order valence-electron chi connectivity index (χ1n) is 6.10. The molecule has 0 N–H and O–H groups in total. The highest BCUT2D eigenvalue weighted by Gasteiger charge is 2.29. The van der Waals surface area contributed by atoms with Gasteiger partial charge in [-0.05, 0) is 26.8 Å². The molecule has 3 heteroatoms. The van der Waals surface area contributed by atoms with E-state index < -0.39 is 0 Å². The molecule has 0 atom stereocenters. The van der Waals surface area contributed by atoms with Crippen molar-refractivity contribution in [3.63, 3.8) is 0 Å². The van der Waals surface area contributed by atoms with E-state index in [1.807, 2.05) is 12.1 Å². The van der Waals surface area contributed by atoms with Crippen LogP contribution in [-0.4, -0.2) is 18.7 Å². The average Bonchev–Trinajstić information content (AvgIpc) is 2.44. The summed E-state index contributed by atoms with van der Waals surface area (Å²) in [5.74, 6) is 0.433. The standard InChI is InChI=1S/C16H16O3/c1-9-10(2)16(18)14(11(3)15(9)17)12-7-5-6-8-13(12)19-4/h5-8H,1-4H3. The third kappa shape index (κ3) is 2.01. The minimum atomic E-state index is -0.0981. The normalized spacial score (nSPS) is 16.2. The Morgan fingerprint density at radius 2 is 1.42 bits per heavy atom. The molecule has 98 valence electrons.